The number of imide groups is 1. The largest absolute Gasteiger partial charge is 0.325 e. The Morgan fingerprint density at radius 1 is 1.12 bits per heavy atom. The van der Waals surface area contributed by atoms with Crippen molar-refractivity contribution >= 4 is 23.4 Å². The van der Waals surface area contributed by atoms with Crippen molar-refractivity contribution in [3.05, 3.63) is 42.0 Å². The predicted octanol–water partition coefficient (Wildman–Crippen LogP) is 1.64. The quantitative estimate of drug-likeness (QED) is 0.674. The van der Waals surface area contributed by atoms with Crippen molar-refractivity contribution in [2.45, 2.75) is 19.3 Å². The highest BCUT2D eigenvalue weighted by atomic mass is 16.2. The zero-order chi connectivity index (χ0) is 17.1. The van der Waals surface area contributed by atoms with Crippen LogP contribution in [0.1, 0.15) is 18.4 Å². The zero-order valence-corrected chi connectivity index (χ0v) is 13.1. The summed E-state index contributed by atoms with van der Waals surface area (Å²) in [5, 5.41) is 11.3. The van der Waals surface area contributed by atoms with Gasteiger partial charge in [-0.3, -0.25) is 19.3 Å². The number of amides is 3. The van der Waals surface area contributed by atoms with Gasteiger partial charge in [-0.1, -0.05) is 24.3 Å². The maximum atomic E-state index is 12.3. The average molecular weight is 323 g/mol. The van der Waals surface area contributed by atoms with Gasteiger partial charge in [0, 0.05) is 5.69 Å². The van der Waals surface area contributed by atoms with Gasteiger partial charge in [0.1, 0.15) is 6.54 Å². The number of fused-ring (bicyclic) bond motifs is 1. The van der Waals surface area contributed by atoms with Gasteiger partial charge < -0.3 is 5.32 Å². The van der Waals surface area contributed by atoms with Gasteiger partial charge in [0.25, 0.3) is 0 Å². The number of carbonyl (C=O) groups is 3. The average Bonchev–Trinajstić information content (AvgIpc) is 2.82. The van der Waals surface area contributed by atoms with E-state index in [2.05, 4.69) is 11.4 Å². The highest BCUT2D eigenvalue weighted by Crippen LogP contribution is 2.34. The summed E-state index contributed by atoms with van der Waals surface area (Å²) in [5.41, 5.74) is 1.43. The van der Waals surface area contributed by atoms with Crippen LogP contribution in [0.3, 0.4) is 0 Å². The van der Waals surface area contributed by atoms with E-state index in [0.717, 1.165) is 10.5 Å². The molecular formula is C18H17N3O3. The number of allylic oxidation sites excluding steroid dienone is 2. The minimum Gasteiger partial charge on any atom is -0.325 e. The van der Waals surface area contributed by atoms with E-state index in [-0.39, 0.29) is 30.2 Å². The number of rotatable bonds is 4. The summed E-state index contributed by atoms with van der Waals surface area (Å²) in [7, 11) is 0. The molecule has 2 aliphatic rings. The molecule has 1 aliphatic heterocycles. The SMILES string of the molecule is N#CCc1ccc(NC(=O)CN2C(=O)[C@@H]3CC=CC[C@H]3C2=O)cc1. The third-order valence-electron chi connectivity index (χ3n) is 4.42. The minimum atomic E-state index is -0.406. The fraction of sp³-hybridized carbons (Fsp3) is 0.333. The van der Waals surface area contributed by atoms with Crippen molar-refractivity contribution in [2.24, 2.45) is 11.8 Å². The number of benzene rings is 1. The van der Waals surface area contributed by atoms with Gasteiger partial charge in [-0.05, 0) is 30.5 Å². The molecule has 1 fully saturated rings. The Morgan fingerprint density at radius 3 is 2.25 bits per heavy atom. The number of hydrogen-bond donors (Lipinski definition) is 1. The molecule has 6 heteroatoms. The molecule has 24 heavy (non-hydrogen) atoms. The van der Waals surface area contributed by atoms with E-state index in [4.69, 9.17) is 5.26 Å². The van der Waals surface area contributed by atoms with Gasteiger partial charge in [-0.15, -0.1) is 0 Å². The van der Waals surface area contributed by atoms with E-state index in [1.165, 1.54) is 0 Å². The van der Waals surface area contributed by atoms with Crippen molar-refractivity contribution in [3.63, 3.8) is 0 Å². The maximum absolute atomic E-state index is 12.3. The van der Waals surface area contributed by atoms with E-state index in [1.54, 1.807) is 24.3 Å². The Morgan fingerprint density at radius 2 is 1.71 bits per heavy atom. The molecule has 0 unspecified atom stereocenters. The lowest BCUT2D eigenvalue weighted by Crippen LogP contribution is -2.38. The van der Waals surface area contributed by atoms with Crippen molar-refractivity contribution in [2.75, 3.05) is 11.9 Å². The first kappa shape index (κ1) is 15.9. The lowest BCUT2D eigenvalue weighted by molar-refractivity contribution is -0.142. The number of hydrogen-bond acceptors (Lipinski definition) is 4. The van der Waals surface area contributed by atoms with Gasteiger partial charge in [0.15, 0.2) is 0 Å². The van der Waals surface area contributed by atoms with Crippen LogP contribution in [-0.4, -0.2) is 29.2 Å². The second-order valence-corrected chi connectivity index (χ2v) is 6.00. The first-order valence-corrected chi connectivity index (χ1v) is 7.86. The molecule has 0 radical (unpaired) electrons. The van der Waals surface area contributed by atoms with E-state index < -0.39 is 5.91 Å². The molecule has 2 atom stereocenters. The number of anilines is 1. The molecule has 6 nitrogen and oxygen atoms in total. The molecule has 0 bridgehead atoms. The summed E-state index contributed by atoms with van der Waals surface area (Å²) in [5.74, 6) is -1.56. The van der Waals surface area contributed by atoms with Crippen molar-refractivity contribution in [3.8, 4) is 6.07 Å². The summed E-state index contributed by atoms with van der Waals surface area (Å²) in [6.45, 7) is -0.259. The molecule has 3 rings (SSSR count). The Bertz CT molecular complexity index is 720. The molecule has 122 valence electrons. The number of nitrogens with one attached hydrogen (secondary N) is 1. The third kappa shape index (κ3) is 3.06. The molecular weight excluding hydrogens is 306 g/mol. The van der Waals surface area contributed by atoms with Crippen LogP contribution in [0.2, 0.25) is 0 Å². The van der Waals surface area contributed by atoms with Gasteiger partial charge in [-0.2, -0.15) is 5.26 Å². The van der Waals surface area contributed by atoms with E-state index >= 15 is 0 Å². The van der Waals surface area contributed by atoms with Crippen LogP contribution >= 0.6 is 0 Å². The van der Waals surface area contributed by atoms with E-state index in [9.17, 15) is 14.4 Å². The standard InChI is InChI=1S/C18H17N3O3/c19-10-9-12-5-7-13(8-6-12)20-16(22)11-21-17(23)14-3-1-2-4-15(14)18(21)24/h1-2,5-8,14-15H,3-4,9,11H2,(H,20,22)/t14-,15-/m1/s1. The molecule has 1 saturated heterocycles. The molecule has 1 N–H and O–H groups in total. The third-order valence-corrected chi connectivity index (χ3v) is 4.42. The maximum Gasteiger partial charge on any atom is 0.244 e. The second kappa shape index (κ2) is 6.67. The lowest BCUT2D eigenvalue weighted by atomic mass is 9.85. The predicted molar refractivity (Wildman–Crippen MR) is 86.5 cm³/mol. The molecule has 1 aromatic rings. The van der Waals surface area contributed by atoms with Crippen LogP contribution < -0.4 is 5.32 Å². The van der Waals surface area contributed by atoms with E-state index in [0.29, 0.717) is 24.9 Å². The molecule has 0 spiro atoms. The molecule has 3 amide bonds. The van der Waals surface area contributed by atoms with Gasteiger partial charge >= 0.3 is 0 Å². The summed E-state index contributed by atoms with van der Waals surface area (Å²) in [4.78, 5) is 37.9. The van der Waals surface area contributed by atoms with Crippen LogP contribution in [0.5, 0.6) is 0 Å². The van der Waals surface area contributed by atoms with Crippen LogP contribution in [-0.2, 0) is 20.8 Å². The highest BCUT2D eigenvalue weighted by molar-refractivity contribution is 6.08. The Kier molecular flexibility index (Phi) is 4.43. The molecule has 0 saturated carbocycles. The summed E-state index contributed by atoms with van der Waals surface area (Å²) in [6.07, 6.45) is 5.26. The summed E-state index contributed by atoms with van der Waals surface area (Å²) in [6, 6.07) is 8.96. The number of likely N-dealkylation sites (tertiary alicyclic amines) is 1. The van der Waals surface area contributed by atoms with Crippen LogP contribution in [0.15, 0.2) is 36.4 Å². The fourth-order valence-corrected chi connectivity index (χ4v) is 3.17. The number of carbonyl (C=O) groups excluding carboxylic acids is 3. The Labute approximate surface area is 139 Å². The van der Waals surface area contributed by atoms with Crippen molar-refractivity contribution in [1.82, 2.24) is 4.90 Å². The Balaban J connectivity index is 1.62. The lowest BCUT2D eigenvalue weighted by Gasteiger charge is -2.14. The zero-order valence-electron chi connectivity index (χ0n) is 13.1. The molecule has 1 aliphatic carbocycles. The normalized spacial score (nSPS) is 22.2. The summed E-state index contributed by atoms with van der Waals surface area (Å²) >= 11 is 0. The van der Waals surface area contributed by atoms with Crippen molar-refractivity contribution in [1.29, 1.82) is 5.26 Å². The van der Waals surface area contributed by atoms with Crippen LogP contribution in [0.4, 0.5) is 5.69 Å². The van der Waals surface area contributed by atoms with E-state index in [1.807, 2.05) is 12.2 Å². The minimum absolute atomic E-state index is 0.256. The monoisotopic (exact) mass is 323 g/mol. The smallest absolute Gasteiger partial charge is 0.244 e. The number of nitrogens with zero attached hydrogens (tertiary/aromatic N) is 2. The number of nitriles is 1. The van der Waals surface area contributed by atoms with Gasteiger partial charge in [0.2, 0.25) is 17.7 Å². The first-order chi connectivity index (χ1) is 11.6. The molecule has 0 aromatic heterocycles. The van der Waals surface area contributed by atoms with Crippen LogP contribution in [0, 0.1) is 23.2 Å². The fourth-order valence-electron chi connectivity index (χ4n) is 3.17. The van der Waals surface area contributed by atoms with Crippen LogP contribution in [0.25, 0.3) is 0 Å². The van der Waals surface area contributed by atoms with Gasteiger partial charge in [-0.25, -0.2) is 0 Å². The van der Waals surface area contributed by atoms with Crippen molar-refractivity contribution < 1.29 is 14.4 Å². The molecule has 1 aromatic carbocycles. The first-order valence-electron chi connectivity index (χ1n) is 7.86. The molecule has 1 heterocycles. The van der Waals surface area contributed by atoms with Gasteiger partial charge in [0.05, 0.1) is 24.3 Å². The Hall–Kier alpha value is -2.94. The topological polar surface area (TPSA) is 90.3 Å². The second-order valence-electron chi connectivity index (χ2n) is 6.00. The summed E-state index contributed by atoms with van der Waals surface area (Å²) < 4.78 is 0. The highest BCUT2D eigenvalue weighted by Gasteiger charge is 2.47.